The van der Waals surface area contributed by atoms with Crippen LogP contribution in [0.1, 0.15) is 11.1 Å². The van der Waals surface area contributed by atoms with Gasteiger partial charge in [-0.25, -0.2) is 17.8 Å². The molecule has 0 aliphatic heterocycles. The highest BCUT2D eigenvalue weighted by Crippen LogP contribution is 2.36. The standard InChI is InChI=1S/C22H16ClF4N3O2S/c1-30-6-5-13-7-15(11-28-21(13)30)14-8-16(22(25,26)27)10-17(9-14)29-33(31,32)12-18-19(23)3-2-4-20(18)24/h2-11,29H,12H2,1H3. The average molecular weight is 498 g/mol. The zero-order valence-electron chi connectivity index (χ0n) is 17.0. The number of sulfonamides is 1. The van der Waals surface area contributed by atoms with E-state index in [0.29, 0.717) is 22.7 Å². The number of nitrogens with zero attached hydrogens (tertiary/aromatic N) is 2. The van der Waals surface area contributed by atoms with Crippen molar-refractivity contribution in [3.63, 3.8) is 0 Å². The summed E-state index contributed by atoms with van der Waals surface area (Å²) in [6.45, 7) is 0. The van der Waals surface area contributed by atoms with Gasteiger partial charge in [-0.2, -0.15) is 13.2 Å². The molecule has 0 aliphatic carbocycles. The summed E-state index contributed by atoms with van der Waals surface area (Å²) in [6, 6.07) is 9.97. The monoisotopic (exact) mass is 497 g/mol. The quantitative estimate of drug-likeness (QED) is 0.344. The van der Waals surface area contributed by atoms with Crippen molar-refractivity contribution >= 4 is 38.3 Å². The number of alkyl halides is 3. The summed E-state index contributed by atoms with van der Waals surface area (Å²) in [5.74, 6) is -1.68. The van der Waals surface area contributed by atoms with Crippen molar-refractivity contribution in [2.45, 2.75) is 11.9 Å². The van der Waals surface area contributed by atoms with Crippen LogP contribution >= 0.6 is 11.6 Å². The predicted molar refractivity (Wildman–Crippen MR) is 119 cm³/mol. The third-order valence-electron chi connectivity index (χ3n) is 4.97. The average Bonchev–Trinajstić information content (AvgIpc) is 3.10. The molecule has 0 bridgehead atoms. The molecular formula is C22H16ClF4N3O2S. The highest BCUT2D eigenvalue weighted by molar-refractivity contribution is 7.91. The molecule has 0 radical (unpaired) electrons. The Labute approximate surface area is 191 Å². The van der Waals surface area contributed by atoms with Crippen molar-refractivity contribution in [1.29, 1.82) is 0 Å². The van der Waals surface area contributed by atoms with Crippen molar-refractivity contribution in [1.82, 2.24) is 9.55 Å². The summed E-state index contributed by atoms with van der Waals surface area (Å²) in [5.41, 5.74) is -0.511. The molecule has 0 saturated heterocycles. The summed E-state index contributed by atoms with van der Waals surface area (Å²) >= 11 is 5.89. The first kappa shape index (κ1) is 23.1. The second-order valence-electron chi connectivity index (χ2n) is 7.42. The summed E-state index contributed by atoms with van der Waals surface area (Å²) in [5, 5.41) is 0.607. The van der Waals surface area contributed by atoms with Gasteiger partial charge in [0.25, 0.3) is 0 Å². The van der Waals surface area contributed by atoms with Gasteiger partial charge >= 0.3 is 6.18 Å². The third kappa shape index (κ3) is 4.96. The first-order valence-electron chi connectivity index (χ1n) is 9.50. The Morgan fingerprint density at radius 1 is 1.09 bits per heavy atom. The minimum absolute atomic E-state index is 0.104. The molecule has 0 aliphatic rings. The normalized spacial score (nSPS) is 12.3. The SMILES string of the molecule is Cn1ccc2cc(-c3cc(NS(=O)(=O)Cc4c(F)cccc4Cl)cc(C(F)(F)F)c3)cnc21. The second-order valence-corrected chi connectivity index (χ2v) is 9.55. The molecule has 0 fully saturated rings. The Bertz CT molecular complexity index is 1450. The minimum atomic E-state index is -4.73. The van der Waals surface area contributed by atoms with E-state index in [4.69, 9.17) is 11.6 Å². The third-order valence-corrected chi connectivity index (χ3v) is 6.54. The van der Waals surface area contributed by atoms with Crippen LogP contribution in [-0.4, -0.2) is 18.0 Å². The van der Waals surface area contributed by atoms with Crippen LogP contribution < -0.4 is 4.72 Å². The fraction of sp³-hybridized carbons (Fsp3) is 0.136. The van der Waals surface area contributed by atoms with Crippen LogP contribution in [0.5, 0.6) is 0 Å². The van der Waals surface area contributed by atoms with E-state index in [1.54, 1.807) is 29.9 Å². The lowest BCUT2D eigenvalue weighted by Crippen LogP contribution is -2.17. The maximum Gasteiger partial charge on any atom is 0.416 e. The highest BCUT2D eigenvalue weighted by Gasteiger charge is 2.32. The smallest absolute Gasteiger partial charge is 0.336 e. The van der Waals surface area contributed by atoms with Gasteiger partial charge < -0.3 is 4.57 Å². The molecule has 2 heterocycles. The largest absolute Gasteiger partial charge is 0.416 e. The van der Waals surface area contributed by atoms with Gasteiger partial charge in [0.15, 0.2) is 0 Å². The summed E-state index contributed by atoms with van der Waals surface area (Å²) in [4.78, 5) is 4.28. The Balaban J connectivity index is 1.74. The number of hydrogen-bond acceptors (Lipinski definition) is 3. The van der Waals surface area contributed by atoms with Gasteiger partial charge in [-0.05, 0) is 48.0 Å². The van der Waals surface area contributed by atoms with Gasteiger partial charge in [0, 0.05) is 46.7 Å². The van der Waals surface area contributed by atoms with Gasteiger partial charge in [-0.15, -0.1) is 0 Å². The lowest BCUT2D eigenvalue weighted by molar-refractivity contribution is -0.137. The van der Waals surface area contributed by atoms with Crippen LogP contribution in [0.3, 0.4) is 0 Å². The Morgan fingerprint density at radius 2 is 1.85 bits per heavy atom. The number of aryl methyl sites for hydroxylation is 1. The topological polar surface area (TPSA) is 64.0 Å². The number of aromatic nitrogens is 2. The number of fused-ring (bicyclic) bond motifs is 1. The molecule has 1 N–H and O–H groups in total. The molecule has 172 valence electrons. The van der Waals surface area contributed by atoms with Crippen molar-refractivity contribution in [3.8, 4) is 11.1 Å². The van der Waals surface area contributed by atoms with Gasteiger partial charge in [0.1, 0.15) is 11.5 Å². The molecule has 2 aromatic heterocycles. The molecular weight excluding hydrogens is 482 g/mol. The van der Waals surface area contributed by atoms with E-state index in [2.05, 4.69) is 9.71 Å². The number of hydrogen-bond donors (Lipinski definition) is 1. The van der Waals surface area contributed by atoms with E-state index in [1.165, 1.54) is 24.4 Å². The summed E-state index contributed by atoms with van der Waals surface area (Å²) in [7, 11) is -2.50. The summed E-state index contributed by atoms with van der Waals surface area (Å²) in [6.07, 6.45) is -1.55. The van der Waals surface area contributed by atoms with Crippen LogP contribution in [0.2, 0.25) is 5.02 Å². The van der Waals surface area contributed by atoms with E-state index in [9.17, 15) is 26.0 Å². The van der Waals surface area contributed by atoms with Gasteiger partial charge in [0.2, 0.25) is 10.0 Å². The molecule has 5 nitrogen and oxygen atoms in total. The molecule has 11 heteroatoms. The maximum atomic E-state index is 14.0. The summed E-state index contributed by atoms with van der Waals surface area (Å²) < 4.78 is 83.8. The zero-order valence-corrected chi connectivity index (χ0v) is 18.6. The zero-order chi connectivity index (χ0) is 24.0. The van der Waals surface area contributed by atoms with Crippen molar-refractivity contribution < 1.29 is 26.0 Å². The minimum Gasteiger partial charge on any atom is -0.336 e. The number of halogens is 5. The van der Waals surface area contributed by atoms with E-state index in [-0.39, 0.29) is 21.8 Å². The Hall–Kier alpha value is -3.11. The number of rotatable bonds is 5. The van der Waals surface area contributed by atoms with E-state index < -0.39 is 33.3 Å². The maximum absolute atomic E-state index is 14.0. The fourth-order valence-electron chi connectivity index (χ4n) is 3.41. The predicted octanol–water partition coefficient (Wildman–Crippen LogP) is 5.99. The van der Waals surface area contributed by atoms with Crippen LogP contribution in [0.4, 0.5) is 23.2 Å². The molecule has 4 rings (SSSR count). The van der Waals surface area contributed by atoms with Crippen LogP contribution in [0, 0.1) is 5.82 Å². The van der Waals surface area contributed by atoms with E-state index in [0.717, 1.165) is 12.1 Å². The second kappa shape index (κ2) is 8.35. The highest BCUT2D eigenvalue weighted by atomic mass is 35.5. The van der Waals surface area contributed by atoms with E-state index >= 15 is 0 Å². The van der Waals surface area contributed by atoms with Crippen LogP contribution in [0.15, 0.2) is 60.9 Å². The van der Waals surface area contributed by atoms with Gasteiger partial charge in [0.05, 0.1) is 11.3 Å². The first-order valence-corrected chi connectivity index (χ1v) is 11.5. The molecule has 4 aromatic rings. The van der Waals surface area contributed by atoms with Crippen molar-refractivity contribution in [2.75, 3.05) is 4.72 Å². The molecule has 0 spiro atoms. The number of anilines is 1. The first-order chi connectivity index (χ1) is 15.4. The molecule has 33 heavy (non-hydrogen) atoms. The molecule has 2 aromatic carbocycles. The Kier molecular flexibility index (Phi) is 5.83. The van der Waals surface area contributed by atoms with Crippen molar-refractivity contribution in [3.05, 3.63) is 82.9 Å². The number of pyridine rings is 1. The lowest BCUT2D eigenvalue weighted by Gasteiger charge is -2.15. The van der Waals surface area contributed by atoms with Gasteiger partial charge in [-0.3, -0.25) is 4.72 Å². The lowest BCUT2D eigenvalue weighted by atomic mass is 10.0. The molecule has 0 amide bonds. The van der Waals surface area contributed by atoms with Gasteiger partial charge in [-0.1, -0.05) is 17.7 Å². The number of nitrogens with one attached hydrogen (secondary N) is 1. The van der Waals surface area contributed by atoms with Crippen LogP contribution in [-0.2, 0) is 29.0 Å². The fourth-order valence-corrected chi connectivity index (χ4v) is 4.94. The van der Waals surface area contributed by atoms with Crippen molar-refractivity contribution in [2.24, 2.45) is 7.05 Å². The van der Waals surface area contributed by atoms with Crippen LogP contribution in [0.25, 0.3) is 22.2 Å². The molecule has 0 unspecified atom stereocenters. The molecule has 0 atom stereocenters. The molecule has 0 saturated carbocycles. The van der Waals surface area contributed by atoms with E-state index in [1.807, 2.05) is 0 Å². The number of benzene rings is 2. The Morgan fingerprint density at radius 3 is 2.55 bits per heavy atom.